The molecule has 0 aromatic carbocycles. The third-order valence-corrected chi connectivity index (χ3v) is 3.11. The van der Waals surface area contributed by atoms with Crippen molar-refractivity contribution < 1.29 is 4.79 Å². The van der Waals surface area contributed by atoms with Crippen LogP contribution in [0.1, 0.15) is 0 Å². The molecule has 2 amide bonds. The average molecular weight is 254 g/mol. The van der Waals surface area contributed by atoms with Gasteiger partial charge in [-0.15, -0.1) is 0 Å². The molecular formula is C9H14N6OS. The van der Waals surface area contributed by atoms with Crippen molar-refractivity contribution >= 4 is 29.4 Å². The quantitative estimate of drug-likeness (QED) is 0.505. The number of thioether (sulfide) groups is 1. The van der Waals surface area contributed by atoms with Crippen molar-refractivity contribution in [1.82, 2.24) is 20.2 Å². The molecule has 0 unspecified atom stereocenters. The predicted octanol–water partition coefficient (Wildman–Crippen LogP) is -0.242. The molecular weight excluding hydrogens is 240 g/mol. The summed E-state index contributed by atoms with van der Waals surface area (Å²) in [7, 11) is 0. The molecule has 0 saturated carbocycles. The summed E-state index contributed by atoms with van der Waals surface area (Å²) in [4.78, 5) is 21.1. The van der Waals surface area contributed by atoms with Crippen molar-refractivity contribution in [3.8, 4) is 0 Å². The number of hydrogen-bond acceptors (Lipinski definition) is 6. The van der Waals surface area contributed by atoms with Crippen LogP contribution >= 0.6 is 11.8 Å². The molecule has 0 radical (unpaired) electrons. The minimum absolute atomic E-state index is 0.0152. The lowest BCUT2D eigenvalue weighted by atomic mass is 10.5. The Morgan fingerprint density at radius 2 is 2.12 bits per heavy atom. The SMILES string of the molecule is Nc1cc(N)nc(SCCN2CCNC2=O)n1. The number of nitrogens with zero attached hydrogens (tertiary/aromatic N) is 3. The maximum Gasteiger partial charge on any atom is 0.317 e. The monoisotopic (exact) mass is 254 g/mol. The van der Waals surface area contributed by atoms with Crippen LogP contribution in [0.3, 0.4) is 0 Å². The van der Waals surface area contributed by atoms with Crippen LogP contribution < -0.4 is 16.8 Å². The van der Waals surface area contributed by atoms with E-state index >= 15 is 0 Å². The Bertz CT molecular complexity index is 406. The van der Waals surface area contributed by atoms with E-state index in [1.807, 2.05) is 0 Å². The second-order valence-electron chi connectivity index (χ2n) is 3.57. The average Bonchev–Trinajstić information content (AvgIpc) is 2.63. The molecule has 1 aromatic rings. The molecule has 0 atom stereocenters. The smallest absolute Gasteiger partial charge is 0.317 e. The maximum absolute atomic E-state index is 11.3. The van der Waals surface area contributed by atoms with Gasteiger partial charge in [-0.3, -0.25) is 0 Å². The molecule has 2 rings (SSSR count). The molecule has 2 heterocycles. The Balaban J connectivity index is 1.83. The van der Waals surface area contributed by atoms with Crippen molar-refractivity contribution in [3.05, 3.63) is 6.07 Å². The summed E-state index contributed by atoms with van der Waals surface area (Å²) in [5, 5.41) is 3.29. The standard InChI is InChI=1S/C9H14N6OS/c10-6-5-7(11)14-8(13-6)17-4-3-15-2-1-12-9(15)16/h5H,1-4H2,(H,12,16)(H4,10,11,13,14). The van der Waals surface area contributed by atoms with Gasteiger partial charge < -0.3 is 21.7 Å². The van der Waals surface area contributed by atoms with E-state index in [2.05, 4.69) is 15.3 Å². The number of anilines is 2. The van der Waals surface area contributed by atoms with Crippen molar-refractivity contribution in [2.75, 3.05) is 36.9 Å². The Morgan fingerprint density at radius 3 is 2.71 bits per heavy atom. The van der Waals surface area contributed by atoms with Gasteiger partial charge in [-0.05, 0) is 0 Å². The summed E-state index contributed by atoms with van der Waals surface area (Å²) in [6.07, 6.45) is 0. The number of rotatable bonds is 4. The molecule has 0 spiro atoms. The summed E-state index contributed by atoms with van der Waals surface area (Å²) in [6.45, 7) is 2.12. The van der Waals surface area contributed by atoms with Gasteiger partial charge in [0.05, 0.1) is 0 Å². The van der Waals surface area contributed by atoms with Gasteiger partial charge in [0.25, 0.3) is 0 Å². The van der Waals surface area contributed by atoms with Crippen LogP contribution in [-0.2, 0) is 0 Å². The number of carbonyl (C=O) groups excluding carboxylic acids is 1. The van der Waals surface area contributed by atoms with E-state index in [0.29, 0.717) is 29.9 Å². The van der Waals surface area contributed by atoms with Crippen LogP contribution in [0.2, 0.25) is 0 Å². The fourth-order valence-corrected chi connectivity index (χ4v) is 2.33. The van der Waals surface area contributed by atoms with Gasteiger partial charge in [-0.1, -0.05) is 11.8 Å². The van der Waals surface area contributed by atoms with E-state index in [1.54, 1.807) is 4.90 Å². The fourth-order valence-electron chi connectivity index (χ4n) is 1.50. The lowest BCUT2D eigenvalue weighted by Gasteiger charge is -2.12. The highest BCUT2D eigenvalue weighted by Gasteiger charge is 2.18. The largest absolute Gasteiger partial charge is 0.383 e. The Kier molecular flexibility index (Phi) is 3.52. The minimum atomic E-state index is -0.0152. The van der Waals surface area contributed by atoms with Crippen LogP contribution in [0.4, 0.5) is 16.4 Å². The number of nitrogen functional groups attached to an aromatic ring is 2. The molecule has 7 nitrogen and oxygen atoms in total. The first-order valence-corrected chi connectivity index (χ1v) is 6.19. The Morgan fingerprint density at radius 1 is 1.41 bits per heavy atom. The van der Waals surface area contributed by atoms with Crippen LogP contribution in [-0.4, -0.2) is 46.3 Å². The van der Waals surface area contributed by atoms with Crippen LogP contribution in [0, 0.1) is 0 Å². The summed E-state index contributed by atoms with van der Waals surface area (Å²) in [5.41, 5.74) is 11.1. The molecule has 1 aliphatic rings. The van der Waals surface area contributed by atoms with Crippen LogP contribution in [0.25, 0.3) is 0 Å². The topological polar surface area (TPSA) is 110 Å². The molecule has 0 aliphatic carbocycles. The van der Waals surface area contributed by atoms with Gasteiger partial charge in [-0.25, -0.2) is 14.8 Å². The molecule has 17 heavy (non-hydrogen) atoms. The van der Waals surface area contributed by atoms with Gasteiger partial charge in [0.15, 0.2) is 5.16 Å². The zero-order chi connectivity index (χ0) is 12.3. The van der Waals surface area contributed by atoms with E-state index in [-0.39, 0.29) is 6.03 Å². The van der Waals surface area contributed by atoms with Gasteiger partial charge in [-0.2, -0.15) is 0 Å². The predicted molar refractivity (Wildman–Crippen MR) is 66.6 cm³/mol. The summed E-state index contributed by atoms with van der Waals surface area (Å²) in [6, 6.07) is 1.50. The van der Waals surface area contributed by atoms with E-state index in [1.165, 1.54) is 17.8 Å². The van der Waals surface area contributed by atoms with Crippen molar-refractivity contribution in [2.45, 2.75) is 5.16 Å². The van der Waals surface area contributed by atoms with Crippen LogP contribution in [0.15, 0.2) is 11.2 Å². The maximum atomic E-state index is 11.3. The number of urea groups is 1. The number of nitrogens with two attached hydrogens (primary N) is 2. The van der Waals surface area contributed by atoms with Gasteiger partial charge in [0, 0.05) is 31.5 Å². The van der Waals surface area contributed by atoms with Gasteiger partial charge in [0.1, 0.15) is 11.6 Å². The van der Waals surface area contributed by atoms with Crippen molar-refractivity contribution in [2.24, 2.45) is 0 Å². The molecule has 92 valence electrons. The van der Waals surface area contributed by atoms with Gasteiger partial charge >= 0.3 is 6.03 Å². The van der Waals surface area contributed by atoms with Crippen molar-refractivity contribution in [1.29, 1.82) is 0 Å². The highest BCUT2D eigenvalue weighted by atomic mass is 32.2. The van der Waals surface area contributed by atoms with E-state index in [4.69, 9.17) is 11.5 Å². The number of nitrogens with one attached hydrogen (secondary N) is 1. The second-order valence-corrected chi connectivity index (χ2v) is 4.63. The fraction of sp³-hybridized carbons (Fsp3) is 0.444. The Hall–Kier alpha value is -1.70. The third kappa shape index (κ3) is 3.13. The highest BCUT2D eigenvalue weighted by molar-refractivity contribution is 7.99. The molecule has 8 heteroatoms. The zero-order valence-electron chi connectivity index (χ0n) is 9.22. The zero-order valence-corrected chi connectivity index (χ0v) is 10.0. The second kappa shape index (κ2) is 5.09. The number of aromatic nitrogens is 2. The first kappa shape index (κ1) is 11.8. The molecule has 5 N–H and O–H groups in total. The molecule has 1 aliphatic heterocycles. The summed E-state index contributed by atoms with van der Waals surface area (Å²) in [5.74, 6) is 1.44. The normalized spacial score (nSPS) is 15.1. The number of hydrogen-bond donors (Lipinski definition) is 3. The molecule has 0 bridgehead atoms. The molecule has 1 fully saturated rings. The van der Waals surface area contributed by atoms with E-state index in [9.17, 15) is 4.79 Å². The van der Waals surface area contributed by atoms with Gasteiger partial charge in [0.2, 0.25) is 0 Å². The number of amides is 2. The Labute approximate surface area is 103 Å². The first-order valence-electron chi connectivity index (χ1n) is 5.21. The lowest BCUT2D eigenvalue weighted by molar-refractivity contribution is 0.220. The minimum Gasteiger partial charge on any atom is -0.383 e. The molecule has 1 saturated heterocycles. The number of carbonyl (C=O) groups is 1. The van der Waals surface area contributed by atoms with Crippen molar-refractivity contribution in [3.63, 3.8) is 0 Å². The molecule has 1 aromatic heterocycles. The lowest BCUT2D eigenvalue weighted by Crippen LogP contribution is -2.30. The van der Waals surface area contributed by atoms with Crippen LogP contribution in [0.5, 0.6) is 0 Å². The summed E-state index contributed by atoms with van der Waals surface area (Å²) < 4.78 is 0. The third-order valence-electron chi connectivity index (χ3n) is 2.28. The van der Waals surface area contributed by atoms with E-state index in [0.717, 1.165) is 12.3 Å². The highest BCUT2D eigenvalue weighted by Crippen LogP contribution is 2.16. The first-order chi connectivity index (χ1) is 8.15. The van der Waals surface area contributed by atoms with E-state index < -0.39 is 0 Å². The summed E-state index contributed by atoms with van der Waals surface area (Å²) >= 11 is 1.43.